The molecule has 0 fully saturated rings. The Kier molecular flexibility index (Phi) is 51.1. The first kappa shape index (κ1) is 34.7. The number of hydrogen-bond donors (Lipinski definition) is 7. The van der Waals surface area contributed by atoms with Crippen LogP contribution in [0, 0.1) is 0 Å². The summed E-state index contributed by atoms with van der Waals surface area (Å²) in [5.41, 5.74) is 4.78. The van der Waals surface area contributed by atoms with E-state index in [0.29, 0.717) is 26.2 Å². The Morgan fingerprint density at radius 2 is 0.870 bits per heavy atom. The first-order chi connectivity index (χ1) is 10.2. The molecule has 8 N–H and O–H groups in total. The zero-order valence-electron chi connectivity index (χ0n) is 15.0. The third kappa shape index (κ3) is 86.2. The van der Waals surface area contributed by atoms with Gasteiger partial charge in [-0.25, -0.2) is 0 Å². The van der Waals surface area contributed by atoms with Gasteiger partial charge in [0, 0.05) is 60.1 Å². The van der Waals surface area contributed by atoms with Gasteiger partial charge in [-0.3, -0.25) is 4.90 Å². The summed E-state index contributed by atoms with van der Waals surface area (Å²) in [5.74, 6) is 0. The Morgan fingerprint density at radius 1 is 0.696 bits per heavy atom. The third-order valence-corrected chi connectivity index (χ3v) is 1.38. The Bertz CT molecular complexity index is 140. The molecule has 0 saturated heterocycles. The number of aliphatic hydroxyl groups is 6. The van der Waals surface area contributed by atoms with Gasteiger partial charge in [0.05, 0.1) is 26.4 Å². The molecule has 0 aliphatic rings. The molecule has 0 unspecified atom stereocenters. The average molecular weight is 378 g/mol. The zero-order chi connectivity index (χ0) is 18.4. The SMILES string of the molecule is CC(C)O.CC(C)O.NCCO.OCCN(CCO)CCO.[Ti]. The second-order valence-electron chi connectivity index (χ2n) is 4.71. The number of rotatable bonds is 7. The standard InChI is InChI=1S/C6H15NO3.2C3H8O.C2H7NO.Ti/c8-4-1-7(2-5-9)3-6-10;2*1-3(2)4;3-1-2-4;/h8-10H,1-6H2;2*3-4H,1-2H3;4H,1-3H2;. The molecule has 144 valence electrons. The van der Waals surface area contributed by atoms with Crippen molar-refractivity contribution in [3.63, 3.8) is 0 Å². The van der Waals surface area contributed by atoms with E-state index in [4.69, 9.17) is 36.4 Å². The first-order valence-electron chi connectivity index (χ1n) is 7.45. The van der Waals surface area contributed by atoms with Crippen molar-refractivity contribution in [1.29, 1.82) is 0 Å². The van der Waals surface area contributed by atoms with Crippen molar-refractivity contribution in [2.75, 3.05) is 52.6 Å². The zero-order valence-corrected chi connectivity index (χ0v) is 16.6. The molecule has 0 saturated carbocycles. The van der Waals surface area contributed by atoms with E-state index in [1.54, 1.807) is 32.6 Å². The summed E-state index contributed by atoms with van der Waals surface area (Å²) < 4.78 is 0. The minimum absolute atomic E-state index is 0. The van der Waals surface area contributed by atoms with Crippen molar-refractivity contribution in [1.82, 2.24) is 4.90 Å². The van der Waals surface area contributed by atoms with Gasteiger partial charge in [-0.1, -0.05) is 0 Å². The number of hydrogen-bond acceptors (Lipinski definition) is 8. The predicted molar refractivity (Wildman–Crippen MR) is 88.5 cm³/mol. The molecule has 0 aliphatic heterocycles. The van der Waals surface area contributed by atoms with E-state index >= 15 is 0 Å². The quantitative estimate of drug-likeness (QED) is 0.251. The van der Waals surface area contributed by atoms with Crippen molar-refractivity contribution in [2.24, 2.45) is 5.73 Å². The van der Waals surface area contributed by atoms with Crippen LogP contribution in [-0.2, 0) is 21.7 Å². The molecule has 0 bridgehead atoms. The van der Waals surface area contributed by atoms with Crippen LogP contribution in [0.15, 0.2) is 0 Å². The monoisotopic (exact) mass is 378 g/mol. The molecule has 0 spiro atoms. The average Bonchev–Trinajstić information content (AvgIpc) is 2.39. The fraction of sp³-hybridized carbons (Fsp3) is 1.00. The summed E-state index contributed by atoms with van der Waals surface area (Å²) in [7, 11) is 0. The van der Waals surface area contributed by atoms with Crippen molar-refractivity contribution >= 4 is 0 Å². The molecule has 0 aromatic carbocycles. The summed E-state index contributed by atoms with van der Waals surface area (Å²) in [6, 6.07) is 0. The molecular formula is C14H38N2O6Ti. The van der Waals surface area contributed by atoms with E-state index in [-0.39, 0.29) is 60.4 Å². The molecule has 0 radical (unpaired) electrons. The van der Waals surface area contributed by atoms with Crippen LogP contribution in [0.2, 0.25) is 0 Å². The van der Waals surface area contributed by atoms with Crippen LogP contribution in [-0.4, -0.2) is 100 Å². The van der Waals surface area contributed by atoms with Gasteiger partial charge in [0.1, 0.15) is 0 Å². The second kappa shape index (κ2) is 33.9. The van der Waals surface area contributed by atoms with Crippen LogP contribution < -0.4 is 5.73 Å². The predicted octanol–water partition coefficient (Wildman–Crippen LogP) is -2.03. The molecule has 23 heavy (non-hydrogen) atoms. The minimum Gasteiger partial charge on any atom is -0.395 e. The fourth-order valence-electron chi connectivity index (χ4n) is 0.760. The van der Waals surface area contributed by atoms with Gasteiger partial charge in [-0.15, -0.1) is 0 Å². The van der Waals surface area contributed by atoms with Gasteiger partial charge in [0.15, 0.2) is 0 Å². The third-order valence-electron chi connectivity index (χ3n) is 1.38. The van der Waals surface area contributed by atoms with E-state index in [1.165, 1.54) is 0 Å². The normalized spacial score (nSPS) is 9.13. The van der Waals surface area contributed by atoms with E-state index in [1.807, 2.05) is 0 Å². The second-order valence-corrected chi connectivity index (χ2v) is 4.71. The van der Waals surface area contributed by atoms with Crippen LogP contribution in [0.4, 0.5) is 0 Å². The Labute approximate surface area is 155 Å². The maximum absolute atomic E-state index is 8.48. The van der Waals surface area contributed by atoms with Gasteiger partial charge >= 0.3 is 0 Å². The molecule has 0 aliphatic carbocycles. The van der Waals surface area contributed by atoms with Gasteiger partial charge in [-0.05, 0) is 27.7 Å². The van der Waals surface area contributed by atoms with Crippen LogP contribution in [0.5, 0.6) is 0 Å². The van der Waals surface area contributed by atoms with Gasteiger partial charge in [0.25, 0.3) is 0 Å². The van der Waals surface area contributed by atoms with E-state index in [2.05, 4.69) is 0 Å². The number of aliphatic hydroxyl groups excluding tert-OH is 6. The summed E-state index contributed by atoms with van der Waals surface area (Å²) in [6.45, 7) is 9.11. The summed E-state index contributed by atoms with van der Waals surface area (Å²) in [5, 5.41) is 49.3. The van der Waals surface area contributed by atoms with E-state index in [0.717, 1.165) is 0 Å². The summed E-state index contributed by atoms with van der Waals surface area (Å²) >= 11 is 0. The molecule has 0 rings (SSSR count). The summed E-state index contributed by atoms with van der Waals surface area (Å²) in [4.78, 5) is 1.79. The molecule has 8 nitrogen and oxygen atoms in total. The van der Waals surface area contributed by atoms with Gasteiger partial charge in [-0.2, -0.15) is 0 Å². The molecule has 0 atom stereocenters. The first-order valence-corrected chi connectivity index (χ1v) is 7.45. The molecule has 0 amide bonds. The molecule has 0 aromatic heterocycles. The van der Waals surface area contributed by atoms with Crippen LogP contribution in [0.1, 0.15) is 27.7 Å². The topological polar surface area (TPSA) is 151 Å². The smallest absolute Gasteiger partial charge is 0.0558 e. The molecule has 0 heterocycles. The van der Waals surface area contributed by atoms with Crippen LogP contribution in [0.3, 0.4) is 0 Å². The Balaban J connectivity index is -0.0000000700. The van der Waals surface area contributed by atoms with Crippen molar-refractivity contribution in [3.05, 3.63) is 0 Å². The van der Waals surface area contributed by atoms with Gasteiger partial charge in [0.2, 0.25) is 0 Å². The minimum atomic E-state index is -0.167. The van der Waals surface area contributed by atoms with E-state index < -0.39 is 0 Å². The maximum Gasteiger partial charge on any atom is 0.0558 e. The van der Waals surface area contributed by atoms with Crippen molar-refractivity contribution < 1.29 is 52.4 Å². The number of nitrogens with zero attached hydrogens (tertiary/aromatic N) is 1. The molecule has 9 heteroatoms. The number of nitrogens with two attached hydrogens (primary N) is 1. The largest absolute Gasteiger partial charge is 0.395 e. The maximum atomic E-state index is 8.48. The Morgan fingerprint density at radius 3 is 0.957 bits per heavy atom. The van der Waals surface area contributed by atoms with Crippen molar-refractivity contribution in [2.45, 2.75) is 39.9 Å². The summed E-state index contributed by atoms with van der Waals surface area (Å²) in [6.07, 6.45) is -0.333. The van der Waals surface area contributed by atoms with Gasteiger partial charge < -0.3 is 36.4 Å². The van der Waals surface area contributed by atoms with Crippen molar-refractivity contribution in [3.8, 4) is 0 Å². The molecule has 0 aromatic rings. The van der Waals surface area contributed by atoms with Crippen LogP contribution >= 0.6 is 0 Å². The molecular weight excluding hydrogens is 340 g/mol. The fourth-order valence-corrected chi connectivity index (χ4v) is 0.760. The van der Waals surface area contributed by atoms with Crippen LogP contribution in [0.25, 0.3) is 0 Å². The Hall–Kier alpha value is 0.394. The van der Waals surface area contributed by atoms with E-state index in [9.17, 15) is 0 Å².